The van der Waals surface area contributed by atoms with E-state index in [2.05, 4.69) is 29.6 Å². The summed E-state index contributed by atoms with van der Waals surface area (Å²) >= 11 is 12.6. The molecule has 0 aliphatic carbocycles. The third kappa shape index (κ3) is 3.83. The van der Waals surface area contributed by atoms with Crippen molar-refractivity contribution in [2.45, 2.75) is 31.2 Å². The van der Waals surface area contributed by atoms with Crippen molar-refractivity contribution in [1.29, 1.82) is 0 Å². The lowest BCUT2D eigenvalue weighted by Gasteiger charge is -2.39. The maximum absolute atomic E-state index is 14.4. The Bertz CT molecular complexity index is 1140. The van der Waals surface area contributed by atoms with E-state index in [0.29, 0.717) is 23.0 Å². The third-order valence-electron chi connectivity index (χ3n) is 6.94. The van der Waals surface area contributed by atoms with Gasteiger partial charge in [-0.15, -0.1) is 0 Å². The minimum Gasteiger partial charge on any atom is -0.317 e. The molecule has 3 nitrogen and oxygen atoms in total. The molecule has 1 amide bonds. The van der Waals surface area contributed by atoms with Crippen LogP contribution in [0.5, 0.6) is 0 Å². The minimum absolute atomic E-state index is 0.186. The standard InChI is InChI=1S/C27H26Cl2N2O/c28-22-7-3-5-19(15-22)17-27(21-11-13-30-14-12-21)24-9-1-2-10-25(24)31(26(27)32)18-20-6-4-8-23(29)16-20/h1-10,15-16,21,30H,11-14,17-18H2. The number of hydrogen-bond donors (Lipinski definition) is 1. The number of para-hydroxylation sites is 1. The number of carbonyl (C=O) groups excluding carboxylic acids is 1. The summed E-state index contributed by atoms with van der Waals surface area (Å²) in [5, 5.41) is 4.86. The Kier molecular flexibility index (Phi) is 5.98. The first kappa shape index (κ1) is 21.5. The van der Waals surface area contributed by atoms with Crippen molar-refractivity contribution in [3.63, 3.8) is 0 Å². The largest absolute Gasteiger partial charge is 0.317 e. The van der Waals surface area contributed by atoms with Crippen LogP contribution >= 0.6 is 23.2 Å². The van der Waals surface area contributed by atoms with E-state index < -0.39 is 5.41 Å². The molecule has 164 valence electrons. The highest BCUT2D eigenvalue weighted by atomic mass is 35.5. The molecule has 5 heteroatoms. The number of carbonyl (C=O) groups is 1. The van der Waals surface area contributed by atoms with Crippen molar-refractivity contribution in [2.75, 3.05) is 18.0 Å². The lowest BCUT2D eigenvalue weighted by molar-refractivity contribution is -0.125. The van der Waals surface area contributed by atoms with Crippen LogP contribution in [0.15, 0.2) is 72.8 Å². The van der Waals surface area contributed by atoms with Gasteiger partial charge in [-0.05, 0) is 85.3 Å². The molecule has 0 spiro atoms. The molecule has 2 aliphatic heterocycles. The summed E-state index contributed by atoms with van der Waals surface area (Å²) in [5.74, 6) is 0.450. The van der Waals surface area contributed by atoms with E-state index in [0.717, 1.165) is 48.3 Å². The van der Waals surface area contributed by atoms with Gasteiger partial charge in [0, 0.05) is 15.7 Å². The molecule has 2 aliphatic rings. The second kappa shape index (κ2) is 8.90. The van der Waals surface area contributed by atoms with E-state index in [9.17, 15) is 4.79 Å². The van der Waals surface area contributed by atoms with Gasteiger partial charge in [0.05, 0.1) is 12.0 Å². The van der Waals surface area contributed by atoms with Crippen molar-refractivity contribution < 1.29 is 4.79 Å². The van der Waals surface area contributed by atoms with E-state index in [4.69, 9.17) is 23.2 Å². The zero-order valence-electron chi connectivity index (χ0n) is 17.9. The fourth-order valence-electron chi connectivity index (χ4n) is 5.52. The number of hydrogen-bond acceptors (Lipinski definition) is 2. The van der Waals surface area contributed by atoms with Crippen molar-refractivity contribution in [2.24, 2.45) is 5.92 Å². The number of rotatable bonds is 5. The van der Waals surface area contributed by atoms with Gasteiger partial charge < -0.3 is 10.2 Å². The van der Waals surface area contributed by atoms with Crippen molar-refractivity contribution in [3.05, 3.63) is 99.5 Å². The lowest BCUT2D eigenvalue weighted by Crippen LogP contribution is -2.50. The van der Waals surface area contributed by atoms with Crippen molar-refractivity contribution in [1.82, 2.24) is 5.32 Å². The van der Waals surface area contributed by atoms with Crippen molar-refractivity contribution >= 4 is 34.8 Å². The molecule has 1 unspecified atom stereocenters. The molecule has 5 rings (SSSR count). The molecule has 1 fully saturated rings. The minimum atomic E-state index is -0.595. The summed E-state index contributed by atoms with van der Waals surface area (Å²) in [6.07, 6.45) is 2.61. The number of anilines is 1. The first-order chi connectivity index (χ1) is 15.6. The predicted molar refractivity (Wildman–Crippen MR) is 132 cm³/mol. The van der Waals surface area contributed by atoms with Crippen LogP contribution in [0.25, 0.3) is 0 Å². The maximum Gasteiger partial charge on any atom is 0.238 e. The second-order valence-electron chi connectivity index (χ2n) is 8.84. The summed E-state index contributed by atoms with van der Waals surface area (Å²) in [7, 11) is 0. The number of nitrogens with zero attached hydrogens (tertiary/aromatic N) is 1. The van der Waals surface area contributed by atoms with Crippen LogP contribution in [-0.4, -0.2) is 19.0 Å². The molecule has 1 saturated heterocycles. The Balaban J connectivity index is 1.62. The predicted octanol–water partition coefficient (Wildman–Crippen LogP) is 6.02. The van der Waals surface area contributed by atoms with E-state index in [1.54, 1.807) is 0 Å². The van der Waals surface area contributed by atoms with Gasteiger partial charge in [0.1, 0.15) is 0 Å². The lowest BCUT2D eigenvalue weighted by atomic mass is 9.64. The summed E-state index contributed by atoms with van der Waals surface area (Å²) in [5.41, 5.74) is 3.69. The Morgan fingerprint density at radius 1 is 0.875 bits per heavy atom. The molecular formula is C27H26Cl2N2O. The van der Waals surface area contributed by atoms with Crippen molar-refractivity contribution in [3.8, 4) is 0 Å². The summed E-state index contributed by atoms with van der Waals surface area (Å²) < 4.78 is 0. The molecule has 3 aromatic carbocycles. The van der Waals surface area contributed by atoms with Crippen LogP contribution in [0.4, 0.5) is 5.69 Å². The Labute approximate surface area is 199 Å². The topological polar surface area (TPSA) is 32.3 Å². The summed E-state index contributed by atoms with van der Waals surface area (Å²) in [4.78, 5) is 16.4. The summed E-state index contributed by atoms with van der Waals surface area (Å²) in [6.45, 7) is 2.38. The van der Waals surface area contributed by atoms with Gasteiger partial charge in [0.25, 0.3) is 0 Å². The molecule has 32 heavy (non-hydrogen) atoms. The van der Waals surface area contributed by atoms with E-state index in [1.165, 1.54) is 0 Å². The van der Waals surface area contributed by atoms with Gasteiger partial charge in [-0.25, -0.2) is 0 Å². The molecule has 1 N–H and O–H groups in total. The Morgan fingerprint density at radius 2 is 1.53 bits per heavy atom. The van der Waals surface area contributed by atoms with E-state index >= 15 is 0 Å². The van der Waals surface area contributed by atoms with Gasteiger partial charge in [-0.2, -0.15) is 0 Å². The average molecular weight is 465 g/mol. The maximum atomic E-state index is 14.4. The third-order valence-corrected chi connectivity index (χ3v) is 7.41. The number of nitrogens with one attached hydrogen (secondary N) is 1. The molecule has 2 heterocycles. The van der Waals surface area contributed by atoms with Gasteiger partial charge in [-0.1, -0.05) is 65.7 Å². The number of piperidine rings is 1. The fourth-order valence-corrected chi connectivity index (χ4v) is 5.95. The number of benzene rings is 3. The second-order valence-corrected chi connectivity index (χ2v) is 9.71. The fraction of sp³-hybridized carbons (Fsp3) is 0.296. The van der Waals surface area contributed by atoms with Crippen LogP contribution in [0.2, 0.25) is 10.0 Å². The van der Waals surface area contributed by atoms with Crippen LogP contribution in [0, 0.1) is 5.92 Å². The van der Waals surface area contributed by atoms with Gasteiger partial charge >= 0.3 is 0 Å². The van der Waals surface area contributed by atoms with Crippen LogP contribution in [0.1, 0.15) is 29.5 Å². The first-order valence-electron chi connectivity index (χ1n) is 11.2. The van der Waals surface area contributed by atoms with Gasteiger partial charge in [0.2, 0.25) is 5.91 Å². The molecular weight excluding hydrogens is 439 g/mol. The molecule has 1 atom stereocenters. The highest BCUT2D eigenvalue weighted by Gasteiger charge is 2.55. The number of halogens is 2. The zero-order valence-corrected chi connectivity index (χ0v) is 19.4. The van der Waals surface area contributed by atoms with E-state index in [1.807, 2.05) is 53.4 Å². The normalized spacial score (nSPS) is 21.1. The highest BCUT2D eigenvalue weighted by Crippen LogP contribution is 2.51. The summed E-state index contributed by atoms with van der Waals surface area (Å²) in [6, 6.07) is 24.0. The molecule has 0 aromatic heterocycles. The molecule has 3 aromatic rings. The monoisotopic (exact) mass is 464 g/mol. The SMILES string of the molecule is O=C1N(Cc2cccc(Cl)c2)c2ccccc2C1(Cc1cccc(Cl)c1)C1CCNCC1. The molecule has 0 radical (unpaired) electrons. The van der Waals surface area contributed by atoms with Crippen LogP contribution < -0.4 is 10.2 Å². The number of fused-ring (bicyclic) bond motifs is 1. The van der Waals surface area contributed by atoms with E-state index in [-0.39, 0.29) is 11.8 Å². The van der Waals surface area contributed by atoms with Gasteiger partial charge in [-0.3, -0.25) is 4.79 Å². The highest BCUT2D eigenvalue weighted by molar-refractivity contribution is 6.31. The molecule has 0 saturated carbocycles. The van der Waals surface area contributed by atoms with Crippen LogP contribution in [0.3, 0.4) is 0 Å². The molecule has 0 bridgehead atoms. The first-order valence-corrected chi connectivity index (χ1v) is 11.9. The Hall–Kier alpha value is -2.33. The quantitative estimate of drug-likeness (QED) is 0.500. The Morgan fingerprint density at radius 3 is 2.25 bits per heavy atom. The van der Waals surface area contributed by atoms with Gasteiger partial charge in [0.15, 0.2) is 0 Å². The zero-order chi connectivity index (χ0) is 22.1. The smallest absolute Gasteiger partial charge is 0.238 e. The van der Waals surface area contributed by atoms with Crippen LogP contribution in [-0.2, 0) is 23.2 Å². The number of amides is 1. The average Bonchev–Trinajstić information content (AvgIpc) is 3.03.